The third-order valence-corrected chi connectivity index (χ3v) is 5.37. The van der Waals surface area contributed by atoms with Gasteiger partial charge in [-0.25, -0.2) is 4.39 Å². The number of aliphatic hydroxyl groups excluding tert-OH is 1. The number of halogens is 1. The zero-order valence-electron chi connectivity index (χ0n) is 14.8. The number of thiophene rings is 1. The molecule has 3 N–H and O–H groups in total. The fourth-order valence-electron chi connectivity index (χ4n) is 2.61. The van der Waals surface area contributed by atoms with Gasteiger partial charge in [0.2, 0.25) is 0 Å². The number of fused-ring (bicyclic) bond motifs is 1. The molecule has 6 heteroatoms. The smallest absolute Gasteiger partial charge is 0.191 e. The molecule has 136 valence electrons. The molecule has 0 bridgehead atoms. The Morgan fingerprint density at radius 2 is 2.00 bits per heavy atom. The minimum absolute atomic E-state index is 0.215. The molecule has 0 amide bonds. The summed E-state index contributed by atoms with van der Waals surface area (Å²) in [6.45, 7) is 2.53. The third-order valence-electron chi connectivity index (χ3n) is 4.16. The Hall–Kier alpha value is -2.44. The number of hydrogen-bond donors (Lipinski definition) is 3. The van der Waals surface area contributed by atoms with Gasteiger partial charge in [0.25, 0.3) is 0 Å². The zero-order valence-corrected chi connectivity index (χ0v) is 15.6. The average molecular weight is 371 g/mol. The molecule has 0 spiro atoms. The second kappa shape index (κ2) is 8.29. The first kappa shape index (κ1) is 18.4. The van der Waals surface area contributed by atoms with E-state index in [0.717, 1.165) is 20.5 Å². The van der Waals surface area contributed by atoms with Crippen LogP contribution in [0.25, 0.3) is 10.1 Å². The fourth-order valence-corrected chi connectivity index (χ4v) is 3.66. The van der Waals surface area contributed by atoms with Crippen molar-refractivity contribution in [1.29, 1.82) is 0 Å². The highest BCUT2D eigenvalue weighted by atomic mass is 32.1. The van der Waals surface area contributed by atoms with Crippen LogP contribution in [0.4, 0.5) is 4.39 Å². The van der Waals surface area contributed by atoms with Crippen molar-refractivity contribution in [2.45, 2.75) is 19.6 Å². The molecule has 2 aromatic carbocycles. The Kier molecular flexibility index (Phi) is 5.85. The van der Waals surface area contributed by atoms with E-state index in [2.05, 4.69) is 15.6 Å². The van der Waals surface area contributed by atoms with E-state index in [-0.39, 0.29) is 5.82 Å². The molecule has 3 aromatic rings. The first-order valence-electron chi connectivity index (χ1n) is 8.43. The predicted octanol–water partition coefficient (Wildman–Crippen LogP) is 3.75. The van der Waals surface area contributed by atoms with E-state index < -0.39 is 6.10 Å². The van der Waals surface area contributed by atoms with Gasteiger partial charge in [0.15, 0.2) is 5.96 Å². The summed E-state index contributed by atoms with van der Waals surface area (Å²) in [5.74, 6) is 0.346. The highest BCUT2D eigenvalue weighted by molar-refractivity contribution is 7.19. The molecule has 0 radical (unpaired) electrons. The van der Waals surface area contributed by atoms with E-state index in [0.29, 0.717) is 24.6 Å². The van der Waals surface area contributed by atoms with Crippen molar-refractivity contribution in [2.24, 2.45) is 4.99 Å². The van der Waals surface area contributed by atoms with Gasteiger partial charge in [-0.2, -0.15) is 0 Å². The van der Waals surface area contributed by atoms with Crippen molar-refractivity contribution < 1.29 is 9.50 Å². The normalized spacial score (nSPS) is 13.0. The molecule has 0 aliphatic carbocycles. The van der Waals surface area contributed by atoms with Crippen LogP contribution in [0.5, 0.6) is 0 Å². The maximum Gasteiger partial charge on any atom is 0.191 e. The van der Waals surface area contributed by atoms with Gasteiger partial charge in [0.05, 0.1) is 0 Å². The second-order valence-corrected chi connectivity index (χ2v) is 7.21. The molecule has 1 heterocycles. The first-order chi connectivity index (χ1) is 12.6. The number of hydrogen-bond acceptors (Lipinski definition) is 3. The van der Waals surface area contributed by atoms with Crippen LogP contribution in [0.2, 0.25) is 0 Å². The van der Waals surface area contributed by atoms with Gasteiger partial charge < -0.3 is 15.7 Å². The molecule has 0 aliphatic heterocycles. The van der Waals surface area contributed by atoms with Crippen LogP contribution in [0.15, 0.2) is 53.5 Å². The molecular weight excluding hydrogens is 349 g/mol. The zero-order chi connectivity index (χ0) is 18.5. The minimum atomic E-state index is -0.622. The van der Waals surface area contributed by atoms with Crippen LogP contribution in [0.1, 0.15) is 22.1 Å². The highest BCUT2D eigenvalue weighted by Crippen LogP contribution is 2.29. The summed E-state index contributed by atoms with van der Waals surface area (Å²) in [4.78, 5) is 5.06. The van der Waals surface area contributed by atoms with Gasteiger partial charge in [-0.3, -0.25) is 4.99 Å². The van der Waals surface area contributed by atoms with E-state index in [1.54, 1.807) is 31.4 Å². The average Bonchev–Trinajstić information content (AvgIpc) is 3.08. The van der Waals surface area contributed by atoms with E-state index in [1.165, 1.54) is 6.07 Å². The number of aliphatic hydroxyl groups is 1. The van der Waals surface area contributed by atoms with Crippen molar-refractivity contribution in [3.8, 4) is 0 Å². The lowest BCUT2D eigenvalue weighted by Crippen LogP contribution is -2.38. The second-order valence-electron chi connectivity index (χ2n) is 6.09. The van der Waals surface area contributed by atoms with Crippen LogP contribution in [-0.4, -0.2) is 24.7 Å². The van der Waals surface area contributed by atoms with Crippen molar-refractivity contribution in [1.82, 2.24) is 10.6 Å². The minimum Gasteiger partial charge on any atom is -0.386 e. The summed E-state index contributed by atoms with van der Waals surface area (Å²) >= 11 is 1.59. The lowest BCUT2D eigenvalue weighted by atomic mass is 10.1. The summed E-state index contributed by atoms with van der Waals surface area (Å²) in [6.07, 6.45) is -0.622. The van der Waals surface area contributed by atoms with Crippen LogP contribution in [-0.2, 0) is 6.54 Å². The first-order valence-corrected chi connectivity index (χ1v) is 9.24. The summed E-state index contributed by atoms with van der Waals surface area (Å²) in [7, 11) is 1.66. The monoisotopic (exact) mass is 371 g/mol. The number of benzene rings is 2. The van der Waals surface area contributed by atoms with Crippen molar-refractivity contribution in [3.63, 3.8) is 0 Å². The van der Waals surface area contributed by atoms with Gasteiger partial charge in [-0.05, 0) is 41.6 Å². The predicted molar refractivity (Wildman–Crippen MR) is 106 cm³/mol. The quantitative estimate of drug-likeness (QED) is 0.473. The number of aliphatic imine (C=N–C) groups is 1. The van der Waals surface area contributed by atoms with Crippen LogP contribution >= 0.6 is 11.3 Å². The Morgan fingerprint density at radius 1 is 1.19 bits per heavy atom. The summed E-state index contributed by atoms with van der Waals surface area (Å²) in [6, 6.07) is 15.2. The topological polar surface area (TPSA) is 56.7 Å². The molecule has 3 rings (SSSR count). The number of aryl methyl sites for hydroxylation is 1. The summed E-state index contributed by atoms with van der Waals surface area (Å²) in [5, 5.41) is 17.8. The Labute approximate surface area is 156 Å². The van der Waals surface area contributed by atoms with Crippen LogP contribution < -0.4 is 10.6 Å². The molecule has 1 atom stereocenters. The number of rotatable bonds is 5. The van der Waals surface area contributed by atoms with Gasteiger partial charge in [-0.1, -0.05) is 30.3 Å². The third kappa shape index (κ3) is 4.39. The SMILES string of the molecule is CN=C(NCc1ccc(C)c(F)c1)NCC(O)c1cc2ccccc2s1. The lowest BCUT2D eigenvalue weighted by molar-refractivity contribution is 0.184. The Bertz CT molecular complexity index is 889. The standard InChI is InChI=1S/C20H22FN3OS/c1-13-7-8-14(9-16(13)21)11-23-20(22-2)24-12-17(25)19-10-15-5-3-4-6-18(15)26-19/h3-10,17,25H,11-12H2,1-2H3,(H2,22,23,24). The molecule has 4 nitrogen and oxygen atoms in total. The summed E-state index contributed by atoms with van der Waals surface area (Å²) < 4.78 is 14.8. The van der Waals surface area contributed by atoms with Crippen molar-refractivity contribution in [2.75, 3.05) is 13.6 Å². The molecule has 0 fully saturated rings. The van der Waals surface area contributed by atoms with Gasteiger partial charge in [0.1, 0.15) is 11.9 Å². The number of nitrogens with one attached hydrogen (secondary N) is 2. The van der Waals surface area contributed by atoms with E-state index in [4.69, 9.17) is 0 Å². The molecule has 0 saturated carbocycles. The van der Waals surface area contributed by atoms with E-state index >= 15 is 0 Å². The lowest BCUT2D eigenvalue weighted by Gasteiger charge is -2.15. The molecule has 0 aliphatic rings. The van der Waals surface area contributed by atoms with Gasteiger partial charge in [-0.15, -0.1) is 11.3 Å². The molecule has 1 aromatic heterocycles. The largest absolute Gasteiger partial charge is 0.386 e. The molecule has 26 heavy (non-hydrogen) atoms. The Morgan fingerprint density at radius 3 is 2.73 bits per heavy atom. The molecule has 1 unspecified atom stereocenters. The maximum absolute atomic E-state index is 13.6. The molecular formula is C20H22FN3OS. The Balaban J connectivity index is 1.55. The highest BCUT2D eigenvalue weighted by Gasteiger charge is 2.12. The maximum atomic E-state index is 13.6. The van der Waals surface area contributed by atoms with E-state index in [9.17, 15) is 9.50 Å². The fraction of sp³-hybridized carbons (Fsp3) is 0.250. The van der Waals surface area contributed by atoms with Gasteiger partial charge in [0, 0.05) is 29.7 Å². The number of nitrogens with zero attached hydrogens (tertiary/aromatic N) is 1. The molecule has 0 saturated heterocycles. The van der Waals surface area contributed by atoms with Crippen molar-refractivity contribution in [3.05, 3.63) is 70.4 Å². The van der Waals surface area contributed by atoms with Crippen LogP contribution in [0, 0.1) is 12.7 Å². The van der Waals surface area contributed by atoms with Crippen molar-refractivity contribution >= 4 is 27.4 Å². The van der Waals surface area contributed by atoms with E-state index in [1.807, 2.05) is 36.4 Å². The number of guanidine groups is 1. The van der Waals surface area contributed by atoms with Gasteiger partial charge >= 0.3 is 0 Å². The summed E-state index contributed by atoms with van der Waals surface area (Å²) in [5.41, 5.74) is 1.46. The van der Waals surface area contributed by atoms with Crippen LogP contribution in [0.3, 0.4) is 0 Å².